The Bertz CT molecular complexity index is 967. The summed E-state index contributed by atoms with van der Waals surface area (Å²) in [7, 11) is 1.55. The number of carbonyl (C=O) groups excluding carboxylic acids is 2. The van der Waals surface area contributed by atoms with Gasteiger partial charge >= 0.3 is 0 Å². The molecule has 0 bridgehead atoms. The van der Waals surface area contributed by atoms with Gasteiger partial charge < -0.3 is 4.74 Å². The Morgan fingerprint density at radius 1 is 1.14 bits per heavy atom. The van der Waals surface area contributed by atoms with Crippen LogP contribution in [0.3, 0.4) is 0 Å². The lowest BCUT2D eigenvalue weighted by Gasteiger charge is -2.15. The van der Waals surface area contributed by atoms with Gasteiger partial charge in [0.1, 0.15) is 5.75 Å². The number of benzene rings is 2. The number of rotatable bonds is 5. The van der Waals surface area contributed by atoms with Gasteiger partial charge in [-0.15, -0.1) is 0 Å². The summed E-state index contributed by atoms with van der Waals surface area (Å²) in [6.07, 6.45) is 3.74. The predicted octanol–water partition coefficient (Wildman–Crippen LogP) is 4.19. The SMILES string of the molecule is COc1ccc(C(=O)NN2C(=O)C(=CC(C)=Cc3ccccc3)SC2=S)cc1. The van der Waals surface area contributed by atoms with Crippen LogP contribution in [0.1, 0.15) is 22.8 Å². The van der Waals surface area contributed by atoms with Gasteiger partial charge in [-0.25, -0.2) is 0 Å². The molecule has 1 saturated heterocycles. The number of ether oxygens (including phenoxy) is 1. The highest BCUT2D eigenvalue weighted by atomic mass is 32.2. The normalized spacial score (nSPS) is 15.9. The van der Waals surface area contributed by atoms with Gasteiger partial charge in [-0.2, -0.15) is 5.01 Å². The van der Waals surface area contributed by atoms with Crippen molar-refractivity contribution in [1.29, 1.82) is 0 Å². The number of nitrogens with one attached hydrogen (secondary N) is 1. The van der Waals surface area contributed by atoms with Gasteiger partial charge in [0.2, 0.25) is 0 Å². The number of thioether (sulfide) groups is 1. The highest BCUT2D eigenvalue weighted by Gasteiger charge is 2.33. The Labute approximate surface area is 173 Å². The van der Waals surface area contributed by atoms with E-state index in [1.165, 1.54) is 0 Å². The van der Waals surface area contributed by atoms with E-state index >= 15 is 0 Å². The standard InChI is InChI=1S/C21H18N2O3S2/c1-14(12-15-6-4-3-5-7-15)13-18-20(25)23(21(27)28-18)22-19(24)16-8-10-17(26-2)11-9-16/h3-13H,1-2H3,(H,22,24). The fraction of sp³-hybridized carbons (Fsp3) is 0.0952. The molecule has 0 radical (unpaired) electrons. The van der Waals surface area contributed by atoms with Crippen LogP contribution in [0.15, 0.2) is 71.2 Å². The van der Waals surface area contributed by atoms with Crippen molar-refractivity contribution in [2.75, 3.05) is 7.11 Å². The summed E-state index contributed by atoms with van der Waals surface area (Å²) in [6, 6.07) is 16.4. The van der Waals surface area contributed by atoms with E-state index in [0.717, 1.165) is 27.9 Å². The summed E-state index contributed by atoms with van der Waals surface area (Å²) in [5, 5.41) is 1.11. The number of amides is 2. The van der Waals surface area contributed by atoms with Crippen LogP contribution >= 0.6 is 24.0 Å². The second-order valence-electron chi connectivity index (χ2n) is 5.99. The van der Waals surface area contributed by atoms with E-state index in [-0.39, 0.29) is 10.2 Å². The molecule has 28 heavy (non-hydrogen) atoms. The second-order valence-corrected chi connectivity index (χ2v) is 7.66. The van der Waals surface area contributed by atoms with E-state index in [4.69, 9.17) is 17.0 Å². The molecule has 0 saturated carbocycles. The lowest BCUT2D eigenvalue weighted by Crippen LogP contribution is -2.44. The lowest BCUT2D eigenvalue weighted by molar-refractivity contribution is -0.123. The summed E-state index contributed by atoms with van der Waals surface area (Å²) in [4.78, 5) is 25.5. The maximum absolute atomic E-state index is 12.7. The molecule has 3 rings (SSSR count). The van der Waals surface area contributed by atoms with Gasteiger partial charge in [0.05, 0.1) is 12.0 Å². The zero-order chi connectivity index (χ0) is 20.1. The van der Waals surface area contributed by atoms with Crippen molar-refractivity contribution in [3.8, 4) is 5.75 Å². The summed E-state index contributed by atoms with van der Waals surface area (Å²) in [5.74, 6) is -0.125. The fourth-order valence-electron chi connectivity index (χ4n) is 2.53. The van der Waals surface area contributed by atoms with Crippen LogP contribution in [0.25, 0.3) is 6.08 Å². The topological polar surface area (TPSA) is 58.6 Å². The number of hydrogen-bond acceptors (Lipinski definition) is 5. The zero-order valence-corrected chi connectivity index (χ0v) is 17.0. The Morgan fingerprint density at radius 2 is 1.82 bits per heavy atom. The number of methoxy groups -OCH3 is 1. The van der Waals surface area contributed by atoms with Crippen molar-refractivity contribution >= 4 is 46.2 Å². The third kappa shape index (κ3) is 4.68. The van der Waals surface area contributed by atoms with Crippen LogP contribution in [0.4, 0.5) is 0 Å². The largest absolute Gasteiger partial charge is 0.497 e. The van der Waals surface area contributed by atoms with Crippen LogP contribution in [0, 0.1) is 0 Å². The number of hydrazine groups is 1. The lowest BCUT2D eigenvalue weighted by atomic mass is 10.1. The van der Waals surface area contributed by atoms with E-state index < -0.39 is 5.91 Å². The molecule has 7 heteroatoms. The molecule has 1 heterocycles. The molecule has 0 unspecified atom stereocenters. The smallest absolute Gasteiger partial charge is 0.285 e. The average Bonchev–Trinajstić information content (AvgIpc) is 2.96. The second kappa shape index (κ2) is 8.86. The number of hydrogen-bond donors (Lipinski definition) is 1. The van der Waals surface area contributed by atoms with E-state index in [1.807, 2.05) is 43.3 Å². The summed E-state index contributed by atoms with van der Waals surface area (Å²) < 4.78 is 5.36. The van der Waals surface area contributed by atoms with Crippen molar-refractivity contribution in [1.82, 2.24) is 10.4 Å². The Morgan fingerprint density at radius 3 is 2.46 bits per heavy atom. The Balaban J connectivity index is 1.72. The van der Waals surface area contributed by atoms with E-state index in [9.17, 15) is 9.59 Å². The predicted molar refractivity (Wildman–Crippen MR) is 116 cm³/mol. The van der Waals surface area contributed by atoms with Gasteiger partial charge in [-0.05, 0) is 60.6 Å². The van der Waals surface area contributed by atoms with E-state index in [0.29, 0.717) is 16.2 Å². The van der Waals surface area contributed by atoms with Crippen LogP contribution in [-0.2, 0) is 4.79 Å². The monoisotopic (exact) mass is 410 g/mol. The Kier molecular flexibility index (Phi) is 6.28. The van der Waals surface area contributed by atoms with Crippen LogP contribution in [0.2, 0.25) is 0 Å². The quantitative estimate of drug-likeness (QED) is 0.592. The summed E-state index contributed by atoms with van der Waals surface area (Å²) in [6.45, 7) is 1.91. The van der Waals surface area contributed by atoms with Gasteiger partial charge in [-0.3, -0.25) is 15.0 Å². The molecule has 1 aliphatic heterocycles. The first-order valence-corrected chi connectivity index (χ1v) is 9.67. The molecule has 2 aromatic rings. The van der Waals surface area contributed by atoms with Crippen molar-refractivity contribution in [2.24, 2.45) is 0 Å². The number of nitrogens with zero attached hydrogens (tertiary/aromatic N) is 1. The van der Waals surface area contributed by atoms with Crippen molar-refractivity contribution in [2.45, 2.75) is 6.92 Å². The molecule has 1 aliphatic rings. The molecular weight excluding hydrogens is 392 g/mol. The van der Waals surface area contributed by atoms with Gasteiger partial charge in [0.15, 0.2) is 4.32 Å². The van der Waals surface area contributed by atoms with Crippen molar-refractivity contribution < 1.29 is 14.3 Å². The third-order valence-corrected chi connectivity index (χ3v) is 5.21. The van der Waals surface area contributed by atoms with Crippen LogP contribution < -0.4 is 10.2 Å². The molecule has 1 N–H and O–H groups in total. The molecule has 2 amide bonds. The molecule has 1 fully saturated rings. The molecule has 5 nitrogen and oxygen atoms in total. The number of carbonyl (C=O) groups is 2. The first kappa shape index (κ1) is 19.9. The summed E-state index contributed by atoms with van der Waals surface area (Å²) in [5.41, 5.74) is 4.92. The molecule has 2 aromatic carbocycles. The van der Waals surface area contributed by atoms with Crippen molar-refractivity contribution in [3.05, 3.63) is 82.3 Å². The number of allylic oxidation sites excluding steroid dienone is 2. The molecule has 0 atom stereocenters. The van der Waals surface area contributed by atoms with E-state index in [2.05, 4.69) is 5.43 Å². The minimum absolute atomic E-state index is 0.283. The minimum atomic E-state index is -0.420. The van der Waals surface area contributed by atoms with E-state index in [1.54, 1.807) is 37.5 Å². The zero-order valence-electron chi connectivity index (χ0n) is 15.3. The third-order valence-electron chi connectivity index (χ3n) is 3.91. The van der Waals surface area contributed by atoms with Crippen LogP contribution in [-0.4, -0.2) is 28.3 Å². The van der Waals surface area contributed by atoms with Crippen LogP contribution in [0.5, 0.6) is 5.75 Å². The highest BCUT2D eigenvalue weighted by molar-refractivity contribution is 8.26. The fourth-order valence-corrected chi connectivity index (χ4v) is 3.76. The highest BCUT2D eigenvalue weighted by Crippen LogP contribution is 2.31. The Hall–Kier alpha value is -2.90. The minimum Gasteiger partial charge on any atom is -0.497 e. The average molecular weight is 411 g/mol. The maximum Gasteiger partial charge on any atom is 0.285 e. The molecular formula is C21H18N2O3S2. The van der Waals surface area contributed by atoms with Gasteiger partial charge in [-0.1, -0.05) is 48.2 Å². The maximum atomic E-state index is 12.7. The molecule has 142 valence electrons. The number of thiocarbonyl (C=S) groups is 1. The molecule has 0 aliphatic carbocycles. The first-order valence-electron chi connectivity index (χ1n) is 8.44. The van der Waals surface area contributed by atoms with Gasteiger partial charge in [0, 0.05) is 5.56 Å². The van der Waals surface area contributed by atoms with Gasteiger partial charge in [0.25, 0.3) is 11.8 Å². The molecule has 0 spiro atoms. The van der Waals surface area contributed by atoms with Crippen molar-refractivity contribution in [3.63, 3.8) is 0 Å². The molecule has 0 aromatic heterocycles. The summed E-state index contributed by atoms with van der Waals surface area (Å²) >= 11 is 6.42. The first-order chi connectivity index (χ1) is 13.5.